The number of rotatable bonds is 3. The smallest absolute Gasteiger partial charge is 0.335 e. The summed E-state index contributed by atoms with van der Waals surface area (Å²) < 4.78 is 0. The maximum absolute atomic E-state index is 11.4. The van der Waals surface area contributed by atoms with Crippen LogP contribution in [0, 0.1) is 0 Å². The predicted molar refractivity (Wildman–Crippen MR) is 70.6 cm³/mol. The van der Waals surface area contributed by atoms with Crippen LogP contribution >= 0.6 is 0 Å². The number of aromatic carboxylic acids is 1. The van der Waals surface area contributed by atoms with E-state index in [9.17, 15) is 14.4 Å². The Morgan fingerprint density at radius 2 is 1.90 bits per heavy atom. The lowest BCUT2D eigenvalue weighted by Gasteiger charge is -2.27. The van der Waals surface area contributed by atoms with E-state index in [1.165, 1.54) is 17.0 Å². The van der Waals surface area contributed by atoms with Crippen molar-refractivity contribution in [1.82, 2.24) is 10.3 Å². The van der Waals surface area contributed by atoms with E-state index in [0.717, 1.165) is 0 Å². The fraction of sp³-hybridized carbons (Fsp3) is 0.385. The van der Waals surface area contributed by atoms with Crippen LogP contribution in [-0.4, -0.2) is 41.0 Å². The SMILES string of the molecule is CC(C)c1cc(C(=O)O)cc(N2CC(=O)NC(=O)C2)n1. The Morgan fingerprint density at radius 3 is 2.40 bits per heavy atom. The van der Waals surface area contributed by atoms with Gasteiger partial charge in [0.25, 0.3) is 0 Å². The molecule has 0 atom stereocenters. The molecule has 1 fully saturated rings. The third-order valence-electron chi connectivity index (χ3n) is 2.94. The molecule has 2 amide bonds. The van der Waals surface area contributed by atoms with Crippen LogP contribution in [0.15, 0.2) is 12.1 Å². The number of piperazine rings is 1. The van der Waals surface area contributed by atoms with Gasteiger partial charge in [-0.25, -0.2) is 9.78 Å². The predicted octanol–water partition coefficient (Wildman–Crippen LogP) is 0.366. The highest BCUT2D eigenvalue weighted by atomic mass is 16.4. The highest BCUT2D eigenvalue weighted by molar-refractivity contribution is 6.02. The molecule has 7 nitrogen and oxygen atoms in total. The van der Waals surface area contributed by atoms with E-state index in [1.54, 1.807) is 0 Å². The first-order chi connectivity index (χ1) is 9.36. The zero-order valence-corrected chi connectivity index (χ0v) is 11.2. The van der Waals surface area contributed by atoms with E-state index in [0.29, 0.717) is 11.5 Å². The second-order valence-corrected chi connectivity index (χ2v) is 4.93. The maximum Gasteiger partial charge on any atom is 0.335 e. The minimum atomic E-state index is -1.07. The Kier molecular flexibility index (Phi) is 3.69. The van der Waals surface area contributed by atoms with Gasteiger partial charge in [0.2, 0.25) is 11.8 Å². The molecule has 0 saturated carbocycles. The quantitative estimate of drug-likeness (QED) is 0.774. The van der Waals surface area contributed by atoms with Gasteiger partial charge in [0.05, 0.1) is 18.7 Å². The molecule has 0 aliphatic carbocycles. The molecule has 1 aromatic rings. The van der Waals surface area contributed by atoms with E-state index in [1.807, 2.05) is 13.8 Å². The lowest BCUT2D eigenvalue weighted by Crippen LogP contribution is -2.51. The maximum atomic E-state index is 11.4. The molecule has 2 rings (SSSR count). The van der Waals surface area contributed by atoms with Gasteiger partial charge in [0.15, 0.2) is 0 Å². The van der Waals surface area contributed by atoms with E-state index in [-0.39, 0.29) is 24.6 Å². The Hall–Kier alpha value is -2.44. The van der Waals surface area contributed by atoms with Crippen molar-refractivity contribution >= 4 is 23.6 Å². The van der Waals surface area contributed by atoms with Gasteiger partial charge in [-0.1, -0.05) is 13.8 Å². The minimum Gasteiger partial charge on any atom is -0.478 e. The van der Waals surface area contributed by atoms with Gasteiger partial charge in [-0.15, -0.1) is 0 Å². The first kappa shape index (κ1) is 14.0. The lowest BCUT2D eigenvalue weighted by atomic mass is 10.1. The van der Waals surface area contributed by atoms with Gasteiger partial charge in [0.1, 0.15) is 5.82 Å². The number of anilines is 1. The summed E-state index contributed by atoms with van der Waals surface area (Å²) in [5, 5.41) is 11.3. The van der Waals surface area contributed by atoms with Crippen LogP contribution in [0.1, 0.15) is 35.8 Å². The Labute approximate surface area is 115 Å². The number of amides is 2. The minimum absolute atomic E-state index is 0.0145. The van der Waals surface area contributed by atoms with E-state index < -0.39 is 17.8 Å². The number of carbonyl (C=O) groups excluding carboxylic acids is 2. The second kappa shape index (κ2) is 5.28. The van der Waals surface area contributed by atoms with Crippen molar-refractivity contribution in [2.45, 2.75) is 19.8 Å². The summed E-state index contributed by atoms with van der Waals surface area (Å²) in [6.07, 6.45) is 0. The number of pyridine rings is 1. The first-order valence-corrected chi connectivity index (χ1v) is 6.19. The summed E-state index contributed by atoms with van der Waals surface area (Å²) in [5.41, 5.74) is 0.704. The molecule has 0 bridgehead atoms. The van der Waals surface area contributed by atoms with Gasteiger partial charge in [0, 0.05) is 5.69 Å². The van der Waals surface area contributed by atoms with Crippen LogP contribution in [0.2, 0.25) is 0 Å². The molecular formula is C13H15N3O4. The highest BCUT2D eigenvalue weighted by Gasteiger charge is 2.24. The topological polar surface area (TPSA) is 99.6 Å². The van der Waals surface area contributed by atoms with Crippen molar-refractivity contribution in [3.8, 4) is 0 Å². The van der Waals surface area contributed by atoms with Crippen LogP contribution in [0.5, 0.6) is 0 Å². The second-order valence-electron chi connectivity index (χ2n) is 4.93. The molecular weight excluding hydrogens is 262 g/mol. The molecule has 1 aliphatic heterocycles. The standard InChI is InChI=1S/C13H15N3O4/c1-7(2)9-3-8(13(19)20)4-10(14-9)16-5-11(17)15-12(18)6-16/h3-4,7H,5-6H2,1-2H3,(H,19,20)(H,15,17,18). The zero-order valence-electron chi connectivity index (χ0n) is 11.2. The van der Waals surface area contributed by atoms with Crippen LogP contribution < -0.4 is 10.2 Å². The average Bonchev–Trinajstić information content (AvgIpc) is 2.36. The molecule has 0 radical (unpaired) electrons. The summed E-state index contributed by atoms with van der Waals surface area (Å²) in [6.45, 7) is 3.76. The van der Waals surface area contributed by atoms with Crippen molar-refractivity contribution in [2.24, 2.45) is 0 Å². The van der Waals surface area contributed by atoms with E-state index >= 15 is 0 Å². The van der Waals surface area contributed by atoms with E-state index in [2.05, 4.69) is 10.3 Å². The van der Waals surface area contributed by atoms with Crippen LogP contribution in [-0.2, 0) is 9.59 Å². The van der Waals surface area contributed by atoms with Crippen molar-refractivity contribution in [2.75, 3.05) is 18.0 Å². The monoisotopic (exact) mass is 277 g/mol. The van der Waals surface area contributed by atoms with Crippen molar-refractivity contribution in [3.63, 3.8) is 0 Å². The number of hydrogen-bond acceptors (Lipinski definition) is 5. The van der Waals surface area contributed by atoms with Crippen LogP contribution in [0.25, 0.3) is 0 Å². The molecule has 1 aliphatic rings. The summed E-state index contributed by atoms with van der Waals surface area (Å²) in [7, 11) is 0. The van der Waals surface area contributed by atoms with Gasteiger partial charge in [-0.2, -0.15) is 0 Å². The Morgan fingerprint density at radius 1 is 1.30 bits per heavy atom. The molecule has 0 unspecified atom stereocenters. The first-order valence-electron chi connectivity index (χ1n) is 6.19. The number of nitrogens with zero attached hydrogens (tertiary/aromatic N) is 2. The molecule has 0 spiro atoms. The van der Waals surface area contributed by atoms with Gasteiger partial charge < -0.3 is 10.0 Å². The summed E-state index contributed by atoms with van der Waals surface area (Å²) in [6, 6.07) is 2.88. The zero-order chi connectivity index (χ0) is 14.9. The number of carboxylic acid groups (broad SMARTS) is 1. The lowest BCUT2D eigenvalue weighted by molar-refractivity contribution is -0.130. The molecule has 1 saturated heterocycles. The van der Waals surface area contributed by atoms with E-state index in [4.69, 9.17) is 5.11 Å². The fourth-order valence-electron chi connectivity index (χ4n) is 1.92. The van der Waals surface area contributed by atoms with Gasteiger partial charge in [-0.05, 0) is 18.1 Å². The largest absolute Gasteiger partial charge is 0.478 e. The number of aromatic nitrogens is 1. The van der Waals surface area contributed by atoms with Crippen LogP contribution in [0.4, 0.5) is 5.82 Å². The Bertz CT molecular complexity index is 567. The van der Waals surface area contributed by atoms with Crippen molar-refractivity contribution in [1.29, 1.82) is 0 Å². The van der Waals surface area contributed by atoms with Crippen molar-refractivity contribution < 1.29 is 19.5 Å². The van der Waals surface area contributed by atoms with Gasteiger partial charge >= 0.3 is 5.97 Å². The number of carbonyl (C=O) groups is 3. The third-order valence-corrected chi connectivity index (χ3v) is 2.94. The molecule has 0 aromatic carbocycles. The molecule has 2 heterocycles. The Balaban J connectivity index is 2.42. The van der Waals surface area contributed by atoms with Gasteiger partial charge in [-0.3, -0.25) is 14.9 Å². The average molecular weight is 277 g/mol. The number of hydrogen-bond donors (Lipinski definition) is 2. The number of carboxylic acids is 1. The molecule has 2 N–H and O–H groups in total. The van der Waals surface area contributed by atoms with Crippen molar-refractivity contribution in [3.05, 3.63) is 23.4 Å². The fourth-order valence-corrected chi connectivity index (χ4v) is 1.92. The normalized spacial score (nSPS) is 15.4. The van der Waals surface area contributed by atoms with Crippen LogP contribution in [0.3, 0.4) is 0 Å². The number of imide groups is 1. The molecule has 20 heavy (non-hydrogen) atoms. The molecule has 1 aromatic heterocycles. The molecule has 106 valence electrons. The summed E-state index contributed by atoms with van der Waals surface area (Å²) >= 11 is 0. The third kappa shape index (κ3) is 2.93. The summed E-state index contributed by atoms with van der Waals surface area (Å²) in [5.74, 6) is -1.53. The highest BCUT2D eigenvalue weighted by Crippen LogP contribution is 2.21. The summed E-state index contributed by atoms with van der Waals surface area (Å²) in [4.78, 5) is 39.7. The molecule has 7 heteroatoms. The number of nitrogens with one attached hydrogen (secondary N) is 1.